The molecule has 2 aromatic rings. The quantitative estimate of drug-likeness (QED) is 0.867. The number of aromatic nitrogens is 1. The number of nitrogens with one attached hydrogen (secondary N) is 2. The summed E-state index contributed by atoms with van der Waals surface area (Å²) in [6.07, 6.45) is 2.72. The number of pyridine rings is 1. The highest BCUT2D eigenvalue weighted by atomic mass is 32.2. The molecular weight excluding hydrogens is 342 g/mol. The third-order valence-corrected chi connectivity index (χ3v) is 4.33. The average Bonchev–Trinajstić information content (AvgIpc) is 2.48. The van der Waals surface area contributed by atoms with Crippen LogP contribution in [0.25, 0.3) is 11.1 Å². The minimum Gasteiger partial charge on any atom is -0.483 e. The maximum absolute atomic E-state index is 12.4. The molecule has 7 nitrogen and oxygen atoms in total. The van der Waals surface area contributed by atoms with Crippen molar-refractivity contribution in [3.05, 3.63) is 40.8 Å². The van der Waals surface area contributed by atoms with E-state index in [0.29, 0.717) is 34.8 Å². The van der Waals surface area contributed by atoms with E-state index in [0.717, 1.165) is 6.26 Å². The summed E-state index contributed by atoms with van der Waals surface area (Å²) in [5.74, 6) is 0.431. The van der Waals surface area contributed by atoms with Gasteiger partial charge in [0.15, 0.2) is 5.75 Å². The number of anilines is 2. The summed E-state index contributed by atoms with van der Waals surface area (Å²) >= 11 is 0. The molecule has 0 saturated carbocycles. The summed E-state index contributed by atoms with van der Waals surface area (Å²) < 4.78 is 32.8. The first kappa shape index (κ1) is 17.2. The Kier molecular flexibility index (Phi) is 3.92. The molecule has 0 saturated heterocycles. The summed E-state index contributed by atoms with van der Waals surface area (Å²) in [6.45, 7) is 4.34. The lowest BCUT2D eigenvalue weighted by Crippen LogP contribution is -2.42. The molecule has 2 heterocycles. The van der Waals surface area contributed by atoms with Crippen LogP contribution < -0.4 is 20.3 Å². The summed E-state index contributed by atoms with van der Waals surface area (Å²) in [5, 5.41) is 3.13. The van der Waals surface area contributed by atoms with E-state index in [1.165, 1.54) is 10.6 Å². The van der Waals surface area contributed by atoms with E-state index < -0.39 is 15.6 Å². The fourth-order valence-corrected chi connectivity index (χ4v) is 3.18. The average molecular weight is 361 g/mol. The Hall–Kier alpha value is -2.66. The highest BCUT2D eigenvalue weighted by Gasteiger charge is 2.31. The van der Waals surface area contributed by atoms with Crippen molar-refractivity contribution >= 4 is 21.4 Å². The molecule has 2 N–H and O–H groups in total. The van der Waals surface area contributed by atoms with Crippen LogP contribution in [-0.4, -0.2) is 31.4 Å². The first-order chi connectivity index (χ1) is 11.6. The molecule has 0 amide bonds. The Morgan fingerprint density at radius 1 is 1.40 bits per heavy atom. The lowest BCUT2D eigenvalue weighted by molar-refractivity contribution is 0.116. The van der Waals surface area contributed by atoms with Crippen LogP contribution in [-0.2, 0) is 17.1 Å². The van der Waals surface area contributed by atoms with Crippen molar-refractivity contribution in [2.24, 2.45) is 7.05 Å². The molecule has 0 spiro atoms. The second-order valence-electron chi connectivity index (χ2n) is 6.68. The molecule has 8 heteroatoms. The molecule has 3 rings (SSSR count). The van der Waals surface area contributed by atoms with Crippen molar-refractivity contribution in [2.75, 3.05) is 22.8 Å². The van der Waals surface area contributed by atoms with Crippen LogP contribution in [0.15, 0.2) is 23.1 Å². The SMILES string of the molecule is Cn1cc(-c2c#ccc(NS(C)(=O)=O)c2)c2c(c1=O)NCC(C)(C)O2. The fraction of sp³-hybridized carbons (Fsp3) is 0.353. The van der Waals surface area contributed by atoms with E-state index in [1.807, 2.05) is 13.8 Å². The molecule has 1 aliphatic rings. The van der Waals surface area contributed by atoms with Gasteiger partial charge < -0.3 is 14.6 Å². The summed E-state index contributed by atoms with van der Waals surface area (Å²) in [6, 6.07) is 8.86. The number of ether oxygens (including phenoxy) is 1. The van der Waals surface area contributed by atoms with Gasteiger partial charge in [0.25, 0.3) is 5.56 Å². The molecule has 1 aliphatic heterocycles. The number of hydrogen-bond acceptors (Lipinski definition) is 5. The van der Waals surface area contributed by atoms with E-state index in [2.05, 4.69) is 22.2 Å². The number of fused-ring (bicyclic) bond motifs is 1. The fourth-order valence-electron chi connectivity index (χ4n) is 2.63. The zero-order chi connectivity index (χ0) is 18.4. The predicted molar refractivity (Wildman–Crippen MR) is 96.5 cm³/mol. The van der Waals surface area contributed by atoms with Crippen LogP contribution in [0.2, 0.25) is 0 Å². The van der Waals surface area contributed by atoms with Crippen molar-refractivity contribution in [1.29, 1.82) is 0 Å². The third kappa shape index (κ3) is 3.56. The molecule has 132 valence electrons. The van der Waals surface area contributed by atoms with Gasteiger partial charge in [0.2, 0.25) is 10.0 Å². The monoisotopic (exact) mass is 361 g/mol. The molecule has 0 aliphatic carbocycles. The highest BCUT2D eigenvalue weighted by molar-refractivity contribution is 7.92. The van der Waals surface area contributed by atoms with Gasteiger partial charge in [-0.25, -0.2) is 8.42 Å². The van der Waals surface area contributed by atoms with Gasteiger partial charge in [0.05, 0.1) is 24.1 Å². The summed E-state index contributed by atoms with van der Waals surface area (Å²) in [4.78, 5) is 12.4. The van der Waals surface area contributed by atoms with Crippen LogP contribution in [0.3, 0.4) is 0 Å². The topological polar surface area (TPSA) is 89.4 Å². The van der Waals surface area contributed by atoms with Gasteiger partial charge in [-0.3, -0.25) is 9.52 Å². The second-order valence-corrected chi connectivity index (χ2v) is 8.43. The Morgan fingerprint density at radius 2 is 2.12 bits per heavy atom. The van der Waals surface area contributed by atoms with E-state index in [9.17, 15) is 13.2 Å². The Labute approximate surface area is 146 Å². The lowest BCUT2D eigenvalue weighted by atomic mass is 10.0. The van der Waals surface area contributed by atoms with Crippen LogP contribution in [0.5, 0.6) is 5.75 Å². The van der Waals surface area contributed by atoms with Crippen molar-refractivity contribution in [1.82, 2.24) is 4.57 Å². The van der Waals surface area contributed by atoms with Crippen molar-refractivity contribution in [3.63, 3.8) is 0 Å². The van der Waals surface area contributed by atoms with Gasteiger partial charge in [-0.05, 0) is 19.9 Å². The number of aryl methyl sites for hydroxylation is 1. The minimum atomic E-state index is -3.41. The third-order valence-electron chi connectivity index (χ3n) is 3.73. The van der Waals surface area contributed by atoms with Crippen molar-refractivity contribution < 1.29 is 13.2 Å². The maximum atomic E-state index is 12.4. The number of rotatable bonds is 3. The zero-order valence-corrected chi connectivity index (χ0v) is 15.2. The van der Waals surface area contributed by atoms with Crippen molar-refractivity contribution in [2.45, 2.75) is 19.4 Å². The second kappa shape index (κ2) is 5.70. The molecule has 1 aromatic carbocycles. The van der Waals surface area contributed by atoms with Crippen LogP contribution in [0, 0.1) is 12.1 Å². The van der Waals surface area contributed by atoms with Gasteiger partial charge in [0, 0.05) is 24.9 Å². The Bertz CT molecular complexity index is 993. The van der Waals surface area contributed by atoms with E-state index in [4.69, 9.17) is 4.74 Å². The molecular formula is C17H19N3O4S. The molecule has 0 atom stereocenters. The Morgan fingerprint density at radius 3 is 2.80 bits per heavy atom. The number of hydrogen-bond donors (Lipinski definition) is 2. The Balaban J connectivity index is 2.17. The predicted octanol–water partition coefficient (Wildman–Crippen LogP) is 1.61. The molecule has 1 aromatic heterocycles. The smallest absolute Gasteiger partial charge is 0.277 e. The van der Waals surface area contributed by atoms with E-state index in [-0.39, 0.29) is 5.56 Å². The summed E-state index contributed by atoms with van der Waals surface area (Å²) in [5.41, 5.74) is 1.27. The van der Waals surface area contributed by atoms with Crippen LogP contribution in [0.4, 0.5) is 11.4 Å². The van der Waals surface area contributed by atoms with Crippen molar-refractivity contribution in [3.8, 4) is 16.9 Å². The van der Waals surface area contributed by atoms with Gasteiger partial charge >= 0.3 is 0 Å². The molecule has 0 bridgehead atoms. The van der Waals surface area contributed by atoms with Gasteiger partial charge in [-0.15, -0.1) is 0 Å². The molecule has 0 fully saturated rings. The lowest BCUT2D eigenvalue weighted by Gasteiger charge is -2.34. The zero-order valence-electron chi connectivity index (χ0n) is 14.4. The molecule has 25 heavy (non-hydrogen) atoms. The van der Waals surface area contributed by atoms with Gasteiger partial charge in [-0.2, -0.15) is 0 Å². The van der Waals surface area contributed by atoms with E-state index >= 15 is 0 Å². The standard InChI is InChI=1S/C17H19N3O4S/c1-17(2)10-18-14-15(24-17)13(9-20(3)16(14)21)11-6-5-7-12(8-11)19-25(4,22)23/h7-9,18-19H,10H2,1-4H3. The summed E-state index contributed by atoms with van der Waals surface area (Å²) in [7, 11) is -1.76. The maximum Gasteiger partial charge on any atom is 0.277 e. The largest absolute Gasteiger partial charge is 0.483 e. The minimum absolute atomic E-state index is 0.191. The van der Waals surface area contributed by atoms with Crippen LogP contribution in [0.1, 0.15) is 13.8 Å². The van der Waals surface area contributed by atoms with Crippen LogP contribution >= 0.6 is 0 Å². The first-order valence-electron chi connectivity index (χ1n) is 7.64. The highest BCUT2D eigenvalue weighted by Crippen LogP contribution is 2.39. The number of sulfonamides is 1. The molecule has 0 radical (unpaired) electrons. The van der Waals surface area contributed by atoms with Gasteiger partial charge in [0.1, 0.15) is 11.3 Å². The van der Waals surface area contributed by atoms with Gasteiger partial charge in [-0.1, -0.05) is 12.1 Å². The van der Waals surface area contributed by atoms with E-state index in [1.54, 1.807) is 19.3 Å². The number of nitrogens with zero attached hydrogens (tertiary/aromatic N) is 1. The normalized spacial score (nSPS) is 15.4. The first-order valence-corrected chi connectivity index (χ1v) is 9.53. The molecule has 0 unspecified atom stereocenters.